The van der Waals surface area contributed by atoms with Crippen molar-refractivity contribution in [2.75, 3.05) is 18.0 Å². The molecule has 0 N–H and O–H groups in total. The van der Waals surface area contributed by atoms with Crippen molar-refractivity contribution in [2.45, 2.75) is 12.3 Å². The molecule has 0 amide bonds. The Morgan fingerprint density at radius 2 is 2.14 bits per heavy atom. The summed E-state index contributed by atoms with van der Waals surface area (Å²) in [6.45, 7) is 0.0205. The number of hydrogen-bond donors (Lipinski definition) is 0. The normalized spacial score (nSPS) is 20.1. The third-order valence-corrected chi connectivity index (χ3v) is 2.30. The number of hydrogen-bond acceptors (Lipinski definition) is 3. The average Bonchev–Trinajstić information content (AvgIpc) is 2.47. The smallest absolute Gasteiger partial charge is 0.266 e. The first-order chi connectivity index (χ1) is 6.57. The van der Waals surface area contributed by atoms with Crippen LogP contribution in [0.3, 0.4) is 0 Å². The predicted molar refractivity (Wildman–Crippen MR) is 48.8 cm³/mol. The minimum Gasteiger partial charge on any atom is -0.349 e. The summed E-state index contributed by atoms with van der Waals surface area (Å²) in [6, 6.07) is 0. The lowest BCUT2D eigenvalue weighted by molar-refractivity contribution is 0.0256. The van der Waals surface area contributed by atoms with Gasteiger partial charge >= 0.3 is 0 Å². The van der Waals surface area contributed by atoms with E-state index in [0.29, 0.717) is 12.4 Å². The lowest BCUT2D eigenvalue weighted by atomic mass is 10.3. The minimum atomic E-state index is -2.61. The number of nitrogens with zero attached hydrogens (tertiary/aromatic N) is 3. The summed E-state index contributed by atoms with van der Waals surface area (Å²) < 4.78 is 25.7. The first kappa shape index (κ1) is 9.58. The Kier molecular flexibility index (Phi) is 2.26. The summed E-state index contributed by atoms with van der Waals surface area (Å²) in [5.74, 6) is -2.16. The van der Waals surface area contributed by atoms with Crippen LogP contribution < -0.4 is 4.90 Å². The van der Waals surface area contributed by atoms with Gasteiger partial charge in [0.05, 0.1) is 18.9 Å². The zero-order valence-corrected chi connectivity index (χ0v) is 8.01. The molecule has 1 aromatic rings. The van der Waals surface area contributed by atoms with E-state index >= 15 is 0 Å². The molecule has 2 rings (SSSR count). The molecule has 0 aromatic carbocycles. The van der Waals surface area contributed by atoms with Crippen LogP contribution in [0.1, 0.15) is 6.42 Å². The highest BCUT2D eigenvalue weighted by atomic mass is 35.5. The van der Waals surface area contributed by atoms with Crippen molar-refractivity contribution < 1.29 is 8.78 Å². The predicted octanol–water partition coefficient (Wildman–Crippen LogP) is 1.98. The second-order valence-corrected chi connectivity index (χ2v) is 3.61. The van der Waals surface area contributed by atoms with E-state index in [2.05, 4.69) is 9.97 Å². The number of alkyl halides is 2. The second kappa shape index (κ2) is 3.31. The average molecular weight is 220 g/mol. The topological polar surface area (TPSA) is 29.0 Å². The van der Waals surface area contributed by atoms with Gasteiger partial charge in [-0.05, 0) is 0 Å². The molecule has 1 saturated heterocycles. The molecule has 1 aliphatic heterocycles. The molecule has 0 spiro atoms. The molecule has 1 aliphatic rings. The molecule has 0 unspecified atom stereocenters. The highest BCUT2D eigenvalue weighted by Crippen LogP contribution is 2.29. The molecule has 76 valence electrons. The molecule has 1 aromatic heterocycles. The van der Waals surface area contributed by atoms with Gasteiger partial charge in [0.25, 0.3) is 5.92 Å². The molecule has 14 heavy (non-hydrogen) atoms. The van der Waals surface area contributed by atoms with Gasteiger partial charge in [0.15, 0.2) is 0 Å². The first-order valence-corrected chi connectivity index (χ1v) is 4.55. The van der Waals surface area contributed by atoms with Gasteiger partial charge in [-0.1, -0.05) is 11.6 Å². The van der Waals surface area contributed by atoms with Crippen LogP contribution in [-0.2, 0) is 0 Å². The number of rotatable bonds is 1. The van der Waals surface area contributed by atoms with Crippen molar-refractivity contribution in [3.8, 4) is 0 Å². The van der Waals surface area contributed by atoms with E-state index < -0.39 is 5.92 Å². The van der Waals surface area contributed by atoms with Gasteiger partial charge in [-0.15, -0.1) is 0 Å². The minimum absolute atomic E-state index is 0.128. The molecule has 0 saturated carbocycles. The molecular weight excluding hydrogens is 212 g/mol. The number of aromatic nitrogens is 2. The monoisotopic (exact) mass is 219 g/mol. The summed E-state index contributed by atoms with van der Waals surface area (Å²) in [4.78, 5) is 9.22. The van der Waals surface area contributed by atoms with Crippen LogP contribution >= 0.6 is 11.6 Å². The van der Waals surface area contributed by atoms with Gasteiger partial charge in [-0.2, -0.15) is 0 Å². The maximum Gasteiger partial charge on any atom is 0.266 e. The highest BCUT2D eigenvalue weighted by Gasteiger charge is 2.38. The fourth-order valence-corrected chi connectivity index (χ4v) is 1.50. The van der Waals surface area contributed by atoms with Crippen LogP contribution in [0.15, 0.2) is 12.4 Å². The van der Waals surface area contributed by atoms with Crippen molar-refractivity contribution in [3.05, 3.63) is 17.5 Å². The molecule has 1 fully saturated rings. The van der Waals surface area contributed by atoms with E-state index in [0.717, 1.165) is 0 Å². The molecule has 0 atom stereocenters. The largest absolute Gasteiger partial charge is 0.349 e. The Bertz CT molecular complexity index is 328. The second-order valence-electron chi connectivity index (χ2n) is 3.22. The SMILES string of the molecule is FC1(F)CCN(c2cnc(Cl)cn2)C1. The summed E-state index contributed by atoms with van der Waals surface area (Å²) in [6.07, 6.45) is 2.63. The van der Waals surface area contributed by atoms with E-state index in [9.17, 15) is 8.78 Å². The Morgan fingerprint density at radius 1 is 1.36 bits per heavy atom. The fraction of sp³-hybridized carbons (Fsp3) is 0.500. The van der Waals surface area contributed by atoms with Crippen LogP contribution in [0.2, 0.25) is 5.15 Å². The lowest BCUT2D eigenvalue weighted by Gasteiger charge is -2.15. The van der Waals surface area contributed by atoms with E-state index in [1.807, 2.05) is 0 Å². The maximum absolute atomic E-state index is 12.8. The summed E-state index contributed by atoms with van der Waals surface area (Å²) in [5.41, 5.74) is 0. The third-order valence-electron chi connectivity index (χ3n) is 2.10. The van der Waals surface area contributed by atoms with Gasteiger partial charge in [-0.25, -0.2) is 18.7 Å². The van der Waals surface area contributed by atoms with E-state index in [4.69, 9.17) is 11.6 Å². The standard InChI is InChI=1S/C8H8ClF2N3/c9-6-3-13-7(4-12-6)14-2-1-8(10,11)5-14/h3-4H,1-2,5H2. The van der Waals surface area contributed by atoms with E-state index in [1.54, 1.807) is 0 Å². The van der Waals surface area contributed by atoms with E-state index in [1.165, 1.54) is 17.3 Å². The van der Waals surface area contributed by atoms with Crippen molar-refractivity contribution in [2.24, 2.45) is 0 Å². The van der Waals surface area contributed by atoms with Gasteiger partial charge in [-0.3, -0.25) is 0 Å². The molecule has 2 heterocycles. The third kappa shape index (κ3) is 1.92. The Morgan fingerprint density at radius 3 is 2.64 bits per heavy atom. The molecule has 3 nitrogen and oxygen atoms in total. The summed E-state index contributed by atoms with van der Waals surface area (Å²) in [5, 5.41) is 0.264. The molecular formula is C8H8ClF2N3. The van der Waals surface area contributed by atoms with Gasteiger partial charge in [0.2, 0.25) is 0 Å². The lowest BCUT2D eigenvalue weighted by Crippen LogP contribution is -2.25. The van der Waals surface area contributed by atoms with Crippen LogP contribution in [-0.4, -0.2) is 29.0 Å². The summed E-state index contributed by atoms with van der Waals surface area (Å²) in [7, 11) is 0. The van der Waals surface area contributed by atoms with Crippen LogP contribution in [0.5, 0.6) is 0 Å². The Labute approximate surface area is 84.7 Å². The quantitative estimate of drug-likeness (QED) is 0.723. The Balaban J connectivity index is 2.14. The van der Waals surface area contributed by atoms with Crippen molar-refractivity contribution >= 4 is 17.4 Å². The number of anilines is 1. The summed E-state index contributed by atoms with van der Waals surface area (Å²) >= 11 is 5.53. The highest BCUT2D eigenvalue weighted by molar-refractivity contribution is 6.29. The van der Waals surface area contributed by atoms with Crippen LogP contribution in [0.4, 0.5) is 14.6 Å². The van der Waals surface area contributed by atoms with Crippen molar-refractivity contribution in [1.29, 1.82) is 0 Å². The zero-order valence-electron chi connectivity index (χ0n) is 7.25. The van der Waals surface area contributed by atoms with E-state index in [-0.39, 0.29) is 18.1 Å². The first-order valence-electron chi connectivity index (χ1n) is 4.17. The molecule has 0 radical (unpaired) electrons. The van der Waals surface area contributed by atoms with Crippen LogP contribution in [0, 0.1) is 0 Å². The molecule has 0 bridgehead atoms. The molecule has 0 aliphatic carbocycles. The fourth-order valence-electron chi connectivity index (χ4n) is 1.40. The van der Waals surface area contributed by atoms with Crippen molar-refractivity contribution in [1.82, 2.24) is 9.97 Å². The zero-order chi connectivity index (χ0) is 10.2. The van der Waals surface area contributed by atoms with Gasteiger partial charge in [0.1, 0.15) is 11.0 Å². The molecule has 6 heteroatoms. The van der Waals surface area contributed by atoms with Crippen LogP contribution in [0.25, 0.3) is 0 Å². The maximum atomic E-state index is 12.8. The Hall–Kier alpha value is -0.970. The number of halogens is 3. The van der Waals surface area contributed by atoms with Gasteiger partial charge < -0.3 is 4.90 Å². The van der Waals surface area contributed by atoms with Gasteiger partial charge in [0, 0.05) is 13.0 Å². The van der Waals surface area contributed by atoms with Crippen molar-refractivity contribution in [3.63, 3.8) is 0 Å².